The van der Waals surface area contributed by atoms with Crippen molar-refractivity contribution in [1.82, 2.24) is 9.97 Å². The topological polar surface area (TPSA) is 49.8 Å². The first-order chi connectivity index (χ1) is 13.6. The molecule has 1 aliphatic carbocycles. The van der Waals surface area contributed by atoms with Gasteiger partial charge in [-0.25, -0.2) is 4.98 Å². The minimum absolute atomic E-state index is 0.456. The van der Waals surface area contributed by atoms with E-state index in [1.165, 1.54) is 25.7 Å². The van der Waals surface area contributed by atoms with Crippen LogP contribution >= 0.6 is 11.6 Å². The summed E-state index contributed by atoms with van der Waals surface area (Å²) in [6.07, 6.45) is 4.89. The highest BCUT2D eigenvalue weighted by atomic mass is 35.5. The molecule has 0 unspecified atom stereocenters. The van der Waals surface area contributed by atoms with Crippen molar-refractivity contribution in [2.75, 3.05) is 10.6 Å². The second-order valence-corrected chi connectivity index (χ2v) is 7.93. The molecule has 0 saturated heterocycles. The van der Waals surface area contributed by atoms with Gasteiger partial charge in [-0.3, -0.25) is 0 Å². The van der Waals surface area contributed by atoms with E-state index in [0.29, 0.717) is 12.0 Å². The summed E-state index contributed by atoms with van der Waals surface area (Å²) in [4.78, 5) is 9.54. The van der Waals surface area contributed by atoms with Gasteiger partial charge >= 0.3 is 0 Å². The lowest BCUT2D eigenvalue weighted by molar-refractivity contribution is 0.744. The van der Waals surface area contributed by atoms with Crippen LogP contribution in [0.25, 0.3) is 11.3 Å². The first-order valence-corrected chi connectivity index (χ1v) is 10.2. The minimum atomic E-state index is 0.456. The molecule has 28 heavy (non-hydrogen) atoms. The predicted molar refractivity (Wildman–Crippen MR) is 118 cm³/mol. The number of hydrogen-bond donors (Lipinski definition) is 2. The summed E-state index contributed by atoms with van der Waals surface area (Å²) in [6.45, 7) is 4.11. The molecule has 4 rings (SSSR count). The Bertz CT molecular complexity index is 943. The van der Waals surface area contributed by atoms with Gasteiger partial charge in [-0.15, -0.1) is 0 Å². The van der Waals surface area contributed by atoms with Crippen molar-refractivity contribution in [3.05, 3.63) is 64.7 Å². The van der Waals surface area contributed by atoms with Gasteiger partial charge in [0, 0.05) is 28.4 Å². The van der Waals surface area contributed by atoms with Crippen LogP contribution in [0.5, 0.6) is 0 Å². The monoisotopic (exact) mass is 392 g/mol. The Morgan fingerprint density at radius 3 is 2.29 bits per heavy atom. The molecule has 3 aromatic rings. The fraction of sp³-hybridized carbons (Fsp3) is 0.304. The molecular weight excluding hydrogens is 368 g/mol. The third-order valence-corrected chi connectivity index (χ3v) is 5.45. The van der Waals surface area contributed by atoms with Crippen LogP contribution in [0.3, 0.4) is 0 Å². The van der Waals surface area contributed by atoms with Gasteiger partial charge in [0.25, 0.3) is 0 Å². The van der Waals surface area contributed by atoms with Crippen molar-refractivity contribution in [2.24, 2.45) is 0 Å². The SMILES string of the molecule is Cc1cc(Cl)cc(C)c1Nc1cc(-c2ccccc2)nc(NC2CCCC2)n1. The number of nitrogens with one attached hydrogen (secondary N) is 2. The molecule has 1 saturated carbocycles. The molecule has 0 atom stereocenters. The quantitative estimate of drug-likeness (QED) is 0.519. The van der Waals surface area contributed by atoms with Crippen LogP contribution in [0.15, 0.2) is 48.5 Å². The number of nitrogens with zero attached hydrogens (tertiary/aromatic N) is 2. The smallest absolute Gasteiger partial charge is 0.225 e. The number of benzene rings is 2. The zero-order valence-corrected chi connectivity index (χ0v) is 17.1. The maximum atomic E-state index is 6.19. The van der Waals surface area contributed by atoms with Crippen molar-refractivity contribution in [3.63, 3.8) is 0 Å². The Morgan fingerprint density at radius 2 is 1.61 bits per heavy atom. The summed E-state index contributed by atoms with van der Waals surface area (Å²) in [5.41, 5.74) is 5.20. The molecule has 0 radical (unpaired) electrons. The van der Waals surface area contributed by atoms with Gasteiger partial charge in [0.15, 0.2) is 0 Å². The molecule has 144 valence electrons. The fourth-order valence-corrected chi connectivity index (χ4v) is 4.15. The van der Waals surface area contributed by atoms with Gasteiger partial charge in [-0.1, -0.05) is 54.8 Å². The van der Waals surface area contributed by atoms with Gasteiger partial charge in [-0.05, 0) is 49.9 Å². The predicted octanol–water partition coefficient (Wildman–Crippen LogP) is 6.51. The highest BCUT2D eigenvalue weighted by molar-refractivity contribution is 6.30. The molecule has 1 aliphatic rings. The Hall–Kier alpha value is -2.59. The van der Waals surface area contributed by atoms with E-state index in [1.54, 1.807) is 0 Å². The second kappa shape index (κ2) is 8.19. The van der Waals surface area contributed by atoms with E-state index in [-0.39, 0.29) is 0 Å². The molecule has 4 nitrogen and oxygen atoms in total. The molecule has 1 fully saturated rings. The van der Waals surface area contributed by atoms with E-state index >= 15 is 0 Å². The Labute approximate surface area is 171 Å². The average molecular weight is 393 g/mol. The average Bonchev–Trinajstić information content (AvgIpc) is 3.18. The molecule has 1 aromatic heterocycles. The molecule has 0 bridgehead atoms. The lowest BCUT2D eigenvalue weighted by Gasteiger charge is -2.17. The van der Waals surface area contributed by atoms with E-state index in [9.17, 15) is 0 Å². The highest BCUT2D eigenvalue weighted by Crippen LogP contribution is 2.30. The van der Waals surface area contributed by atoms with E-state index in [0.717, 1.165) is 38.9 Å². The molecular formula is C23H25ClN4. The first kappa shape index (κ1) is 18.8. The second-order valence-electron chi connectivity index (χ2n) is 7.49. The summed E-state index contributed by atoms with van der Waals surface area (Å²) >= 11 is 6.19. The molecule has 0 spiro atoms. The number of aryl methyl sites for hydroxylation is 2. The fourth-order valence-electron chi connectivity index (χ4n) is 3.82. The van der Waals surface area contributed by atoms with E-state index in [1.807, 2.05) is 36.4 Å². The number of anilines is 3. The van der Waals surface area contributed by atoms with Crippen molar-refractivity contribution >= 4 is 29.1 Å². The minimum Gasteiger partial charge on any atom is -0.351 e. The summed E-state index contributed by atoms with van der Waals surface area (Å²) in [6, 6.07) is 16.6. The summed E-state index contributed by atoms with van der Waals surface area (Å²) in [7, 11) is 0. The molecule has 2 aromatic carbocycles. The third kappa shape index (κ3) is 4.28. The lowest BCUT2D eigenvalue weighted by Crippen LogP contribution is -2.17. The van der Waals surface area contributed by atoms with E-state index < -0.39 is 0 Å². The van der Waals surface area contributed by atoms with Gasteiger partial charge in [0.1, 0.15) is 5.82 Å². The Morgan fingerprint density at radius 1 is 0.929 bits per heavy atom. The number of halogens is 1. The van der Waals surface area contributed by atoms with Gasteiger partial charge in [0.2, 0.25) is 5.95 Å². The van der Waals surface area contributed by atoms with Crippen LogP contribution in [-0.4, -0.2) is 16.0 Å². The zero-order valence-electron chi connectivity index (χ0n) is 16.3. The lowest BCUT2D eigenvalue weighted by atomic mass is 10.1. The van der Waals surface area contributed by atoms with Crippen LogP contribution in [0.1, 0.15) is 36.8 Å². The Balaban J connectivity index is 1.71. The third-order valence-electron chi connectivity index (χ3n) is 5.23. The van der Waals surface area contributed by atoms with Gasteiger partial charge in [0.05, 0.1) is 5.69 Å². The van der Waals surface area contributed by atoms with E-state index in [4.69, 9.17) is 21.6 Å². The largest absolute Gasteiger partial charge is 0.351 e. The van der Waals surface area contributed by atoms with Crippen molar-refractivity contribution in [3.8, 4) is 11.3 Å². The summed E-state index contributed by atoms with van der Waals surface area (Å²) in [5, 5.41) is 7.77. The zero-order chi connectivity index (χ0) is 19.5. The van der Waals surface area contributed by atoms with Crippen molar-refractivity contribution < 1.29 is 0 Å². The molecule has 0 amide bonds. The number of aromatic nitrogens is 2. The molecule has 0 aliphatic heterocycles. The van der Waals surface area contributed by atoms with Gasteiger partial charge < -0.3 is 10.6 Å². The van der Waals surface area contributed by atoms with Crippen LogP contribution in [-0.2, 0) is 0 Å². The van der Waals surface area contributed by atoms with Crippen LogP contribution in [0.4, 0.5) is 17.5 Å². The molecule has 5 heteroatoms. The first-order valence-electron chi connectivity index (χ1n) is 9.83. The van der Waals surface area contributed by atoms with Crippen LogP contribution in [0, 0.1) is 13.8 Å². The van der Waals surface area contributed by atoms with Crippen molar-refractivity contribution in [1.29, 1.82) is 0 Å². The van der Waals surface area contributed by atoms with Crippen molar-refractivity contribution in [2.45, 2.75) is 45.6 Å². The maximum absolute atomic E-state index is 6.19. The standard InChI is InChI=1S/C23H25ClN4/c1-15-12-18(24)13-16(2)22(15)27-21-14-20(17-8-4-3-5-9-17)26-23(28-21)25-19-10-6-7-11-19/h3-5,8-9,12-14,19H,6-7,10-11H2,1-2H3,(H2,25,26,27,28). The molecule has 1 heterocycles. The summed E-state index contributed by atoms with van der Waals surface area (Å²) in [5.74, 6) is 1.46. The number of hydrogen-bond acceptors (Lipinski definition) is 4. The van der Waals surface area contributed by atoms with Gasteiger partial charge in [-0.2, -0.15) is 4.98 Å². The number of rotatable bonds is 5. The normalized spacial score (nSPS) is 14.2. The maximum Gasteiger partial charge on any atom is 0.225 e. The summed E-state index contributed by atoms with van der Waals surface area (Å²) < 4.78 is 0. The van der Waals surface area contributed by atoms with Crippen LogP contribution in [0.2, 0.25) is 5.02 Å². The Kier molecular flexibility index (Phi) is 5.49. The highest BCUT2D eigenvalue weighted by Gasteiger charge is 2.17. The van der Waals surface area contributed by atoms with E-state index in [2.05, 4.69) is 36.6 Å². The van der Waals surface area contributed by atoms with Crippen LogP contribution < -0.4 is 10.6 Å². The molecule has 2 N–H and O–H groups in total.